The van der Waals surface area contributed by atoms with Crippen molar-refractivity contribution in [1.29, 1.82) is 0 Å². The zero-order chi connectivity index (χ0) is 28.6. The number of hydrogen-bond donors (Lipinski definition) is 2. The molecule has 9 heteroatoms. The van der Waals surface area contributed by atoms with E-state index in [2.05, 4.69) is 10.3 Å². The number of carbonyl (C=O) groups is 3. The average molecular weight is 540 g/mol. The Morgan fingerprint density at radius 3 is 2.52 bits per heavy atom. The number of ketones is 1. The predicted molar refractivity (Wildman–Crippen MR) is 151 cm³/mol. The maximum Gasteiger partial charge on any atom is 0.336 e. The van der Waals surface area contributed by atoms with Gasteiger partial charge in [0.2, 0.25) is 0 Å². The number of carbonyl (C=O) groups excluding carboxylic acids is 2. The number of rotatable bonds is 7. The van der Waals surface area contributed by atoms with E-state index in [-0.39, 0.29) is 23.7 Å². The molecule has 0 saturated heterocycles. The van der Waals surface area contributed by atoms with Crippen molar-refractivity contribution < 1.29 is 28.6 Å². The van der Waals surface area contributed by atoms with Crippen molar-refractivity contribution in [2.45, 2.75) is 19.8 Å². The first kappa shape index (κ1) is 26.7. The van der Waals surface area contributed by atoms with Gasteiger partial charge in [-0.2, -0.15) is 0 Å². The van der Waals surface area contributed by atoms with Crippen molar-refractivity contribution in [3.05, 3.63) is 94.5 Å². The van der Waals surface area contributed by atoms with Crippen molar-refractivity contribution in [1.82, 2.24) is 5.32 Å². The minimum absolute atomic E-state index is 0.145. The summed E-state index contributed by atoms with van der Waals surface area (Å²) in [7, 11) is 3.89. The molecule has 0 amide bonds. The first-order valence-electron chi connectivity index (χ1n) is 12.9. The number of furan rings is 1. The molecule has 0 saturated carbocycles. The summed E-state index contributed by atoms with van der Waals surface area (Å²) in [5.41, 5.74) is 3.72. The highest BCUT2D eigenvalue weighted by Gasteiger charge is 2.47. The quantitative estimate of drug-likeness (QED) is 0.322. The van der Waals surface area contributed by atoms with Crippen LogP contribution in [0.2, 0.25) is 0 Å². The van der Waals surface area contributed by atoms with Gasteiger partial charge in [-0.3, -0.25) is 4.79 Å². The number of nitrogens with zero attached hydrogens (tertiary/aromatic N) is 2. The lowest BCUT2D eigenvalue weighted by Gasteiger charge is -2.32. The van der Waals surface area contributed by atoms with E-state index < -0.39 is 23.8 Å². The number of ether oxygens (including phenoxy) is 1. The van der Waals surface area contributed by atoms with Gasteiger partial charge in [-0.25, -0.2) is 14.6 Å². The second kappa shape index (κ2) is 10.7. The molecular weight excluding hydrogens is 510 g/mol. The molecule has 2 aliphatic rings. The van der Waals surface area contributed by atoms with E-state index >= 15 is 0 Å². The van der Waals surface area contributed by atoms with E-state index in [0.717, 1.165) is 11.3 Å². The van der Waals surface area contributed by atoms with Crippen LogP contribution >= 0.6 is 0 Å². The molecule has 3 aromatic rings. The van der Waals surface area contributed by atoms with Gasteiger partial charge in [-0.15, -0.1) is 0 Å². The molecule has 2 aliphatic heterocycles. The van der Waals surface area contributed by atoms with E-state index in [1.807, 2.05) is 43.3 Å². The summed E-state index contributed by atoms with van der Waals surface area (Å²) < 4.78 is 11.3. The lowest BCUT2D eigenvalue weighted by Crippen LogP contribution is -2.42. The molecule has 2 unspecified atom stereocenters. The molecule has 0 radical (unpaired) electrons. The number of nitrogens with one attached hydrogen (secondary N) is 1. The molecule has 40 heavy (non-hydrogen) atoms. The number of benzene rings is 2. The number of Topliss-reactive ketones (excluding diaryl/α,β-unsaturated/α-hetero) is 1. The molecule has 0 aliphatic carbocycles. The number of esters is 1. The fraction of sp³-hybridized carbons (Fsp3) is 0.226. The third kappa shape index (κ3) is 4.93. The molecule has 2 N–H and O–H groups in total. The van der Waals surface area contributed by atoms with Gasteiger partial charge < -0.3 is 24.5 Å². The van der Waals surface area contributed by atoms with Crippen LogP contribution in [-0.2, 0) is 14.3 Å². The molecule has 2 aromatic carbocycles. The van der Waals surface area contributed by atoms with E-state index in [1.165, 1.54) is 12.1 Å². The Bertz CT molecular complexity index is 1590. The van der Waals surface area contributed by atoms with Gasteiger partial charge in [0, 0.05) is 43.0 Å². The zero-order valence-corrected chi connectivity index (χ0v) is 22.6. The van der Waals surface area contributed by atoms with E-state index in [9.17, 15) is 19.5 Å². The highest BCUT2D eigenvalue weighted by Crippen LogP contribution is 2.43. The van der Waals surface area contributed by atoms with Gasteiger partial charge in [-0.1, -0.05) is 24.3 Å². The van der Waals surface area contributed by atoms with Crippen LogP contribution in [-0.4, -0.2) is 49.4 Å². The fourth-order valence-electron chi connectivity index (χ4n) is 5.07. The molecule has 3 heterocycles. The van der Waals surface area contributed by atoms with Crippen LogP contribution in [0, 0.1) is 5.92 Å². The van der Waals surface area contributed by atoms with Gasteiger partial charge in [-0.05, 0) is 55.8 Å². The van der Waals surface area contributed by atoms with Crippen molar-refractivity contribution >= 4 is 35.3 Å². The Kier molecular flexibility index (Phi) is 7.13. The molecule has 1 aromatic heterocycles. The number of fused-ring (bicyclic) bond motifs is 1. The maximum absolute atomic E-state index is 13.8. The number of aromatic carboxylic acids is 1. The summed E-state index contributed by atoms with van der Waals surface area (Å²) >= 11 is 0. The summed E-state index contributed by atoms with van der Waals surface area (Å²) in [6.45, 7) is 3.74. The largest absolute Gasteiger partial charge is 0.478 e. The Morgan fingerprint density at radius 1 is 1.10 bits per heavy atom. The first-order chi connectivity index (χ1) is 19.2. The minimum Gasteiger partial charge on any atom is -0.478 e. The highest BCUT2D eigenvalue weighted by atomic mass is 16.5. The third-order valence-corrected chi connectivity index (χ3v) is 7.00. The highest BCUT2D eigenvalue weighted by molar-refractivity contribution is 6.21. The molecule has 0 spiro atoms. The van der Waals surface area contributed by atoms with Gasteiger partial charge >= 0.3 is 11.9 Å². The number of amidine groups is 1. The van der Waals surface area contributed by atoms with Gasteiger partial charge in [0.1, 0.15) is 23.1 Å². The second-order valence-corrected chi connectivity index (χ2v) is 9.80. The molecule has 204 valence electrons. The average Bonchev–Trinajstić information content (AvgIpc) is 3.52. The lowest BCUT2D eigenvalue weighted by atomic mass is 9.75. The topological polar surface area (TPSA) is 121 Å². The molecule has 2 atom stereocenters. The predicted octanol–water partition coefficient (Wildman–Crippen LogP) is 4.87. The molecule has 0 bridgehead atoms. The SMILES string of the molecule is CCOC(=O)C1=C(C)NC2=N/C(=C\c3ccc(-c4cccc(C(=O)O)c4)o3)C(=O)C2C1c1ccc(N(C)C)cc1. The van der Waals surface area contributed by atoms with Crippen LogP contribution in [0.3, 0.4) is 0 Å². The number of aliphatic imine (C=N–C) groups is 1. The summed E-state index contributed by atoms with van der Waals surface area (Å²) in [5, 5.41) is 12.5. The Morgan fingerprint density at radius 2 is 1.85 bits per heavy atom. The van der Waals surface area contributed by atoms with Crippen molar-refractivity contribution in [3.8, 4) is 11.3 Å². The van der Waals surface area contributed by atoms with E-state index in [1.54, 1.807) is 44.2 Å². The number of anilines is 1. The lowest BCUT2D eigenvalue weighted by molar-refractivity contribution is -0.139. The van der Waals surface area contributed by atoms with Gasteiger partial charge in [0.25, 0.3) is 0 Å². The summed E-state index contributed by atoms with van der Waals surface area (Å²) in [6.07, 6.45) is 1.56. The van der Waals surface area contributed by atoms with Crippen LogP contribution < -0.4 is 10.2 Å². The molecule has 5 rings (SSSR count). The van der Waals surface area contributed by atoms with Crippen LogP contribution in [0.25, 0.3) is 17.4 Å². The maximum atomic E-state index is 13.8. The number of carboxylic acid groups (broad SMARTS) is 1. The number of allylic oxidation sites excluding steroid dienone is 2. The molecule has 0 fully saturated rings. The smallest absolute Gasteiger partial charge is 0.336 e. The number of carboxylic acids is 1. The van der Waals surface area contributed by atoms with Crippen LogP contribution in [0.5, 0.6) is 0 Å². The minimum atomic E-state index is -1.03. The van der Waals surface area contributed by atoms with Crippen molar-refractivity contribution in [3.63, 3.8) is 0 Å². The van der Waals surface area contributed by atoms with Gasteiger partial charge in [0.05, 0.1) is 23.7 Å². The molecular formula is C31H29N3O6. The molecule has 9 nitrogen and oxygen atoms in total. The monoisotopic (exact) mass is 539 g/mol. The summed E-state index contributed by atoms with van der Waals surface area (Å²) in [4.78, 5) is 44.8. The number of hydrogen-bond acceptors (Lipinski definition) is 8. The summed E-state index contributed by atoms with van der Waals surface area (Å²) in [5.74, 6) is -1.75. The zero-order valence-electron chi connectivity index (χ0n) is 22.6. The van der Waals surface area contributed by atoms with Crippen LogP contribution in [0.1, 0.15) is 41.4 Å². The van der Waals surface area contributed by atoms with E-state index in [4.69, 9.17) is 9.15 Å². The van der Waals surface area contributed by atoms with Gasteiger partial charge in [0.15, 0.2) is 5.78 Å². The normalized spacial score (nSPS) is 19.2. The Hall–Kier alpha value is -4.92. The van der Waals surface area contributed by atoms with Crippen LogP contribution in [0.15, 0.2) is 87.0 Å². The fourth-order valence-corrected chi connectivity index (χ4v) is 5.07. The Balaban J connectivity index is 1.50. The second-order valence-electron chi connectivity index (χ2n) is 9.80. The standard InChI is InChI=1S/C31H29N3O6/c1-5-39-31(38)25-17(2)32-29-27(26(25)18-9-11-21(12-10-18)34(3)4)28(35)23(33-29)16-22-13-14-24(40-22)19-7-6-8-20(15-19)30(36)37/h6-16,26-27H,5H2,1-4H3,(H,32,33)(H,36,37)/b23-16-. The van der Waals surface area contributed by atoms with Crippen molar-refractivity contribution in [2.24, 2.45) is 10.9 Å². The van der Waals surface area contributed by atoms with Crippen LogP contribution in [0.4, 0.5) is 5.69 Å². The van der Waals surface area contributed by atoms with E-state index in [0.29, 0.717) is 34.2 Å². The summed E-state index contributed by atoms with van der Waals surface area (Å²) in [6, 6.07) is 17.6. The Labute approximate surface area is 231 Å². The first-order valence-corrected chi connectivity index (χ1v) is 12.9. The third-order valence-electron chi connectivity index (χ3n) is 7.00. The van der Waals surface area contributed by atoms with Crippen molar-refractivity contribution in [2.75, 3.05) is 25.6 Å².